The molecule has 0 fully saturated rings. The van der Waals surface area contributed by atoms with E-state index in [9.17, 15) is 9.59 Å². The van der Waals surface area contributed by atoms with Gasteiger partial charge in [0, 0.05) is 27.8 Å². The third-order valence-electron chi connectivity index (χ3n) is 5.86. The van der Waals surface area contributed by atoms with E-state index in [0.717, 1.165) is 34.7 Å². The minimum Gasteiger partial charge on any atom is -0.497 e. The molecule has 3 aromatic rings. The fourth-order valence-corrected chi connectivity index (χ4v) is 6.45. The summed E-state index contributed by atoms with van der Waals surface area (Å²) in [5.74, 6) is 0.509. The van der Waals surface area contributed by atoms with Gasteiger partial charge in [-0.3, -0.25) is 14.2 Å². The average Bonchev–Trinajstić information content (AvgIpc) is 3.03. The maximum Gasteiger partial charge on any atom is 0.262 e. The third kappa shape index (κ3) is 5.25. The fourth-order valence-electron chi connectivity index (χ4n) is 4.12. The van der Waals surface area contributed by atoms with Crippen LogP contribution in [0.2, 0.25) is 24.2 Å². The number of benzene rings is 2. The zero-order chi connectivity index (χ0) is 23.5. The van der Waals surface area contributed by atoms with Crippen LogP contribution in [0.25, 0.3) is 10.9 Å². The first-order chi connectivity index (χ1) is 15.2. The Hall–Kier alpha value is -2.57. The van der Waals surface area contributed by atoms with Crippen LogP contribution >= 0.6 is 11.6 Å². The van der Waals surface area contributed by atoms with Crippen LogP contribution in [-0.2, 0) is 11.2 Å². The van der Waals surface area contributed by atoms with Gasteiger partial charge in [-0.05, 0) is 55.0 Å². The molecule has 1 aromatic heterocycles. The number of halogens is 1. The lowest BCUT2D eigenvalue weighted by atomic mass is 10.1. The molecule has 0 bridgehead atoms. The van der Waals surface area contributed by atoms with Crippen LogP contribution in [0.4, 0.5) is 0 Å². The van der Waals surface area contributed by atoms with Crippen molar-refractivity contribution in [3.63, 3.8) is 0 Å². The molecule has 0 unspecified atom stereocenters. The Morgan fingerprint density at radius 2 is 1.81 bits per heavy atom. The van der Waals surface area contributed by atoms with Crippen LogP contribution in [0.1, 0.15) is 35.0 Å². The van der Waals surface area contributed by atoms with Crippen LogP contribution in [0.3, 0.4) is 0 Å². The molecule has 0 aliphatic carbocycles. The van der Waals surface area contributed by atoms with Crippen LogP contribution in [0.5, 0.6) is 5.75 Å². The zero-order valence-electron chi connectivity index (χ0n) is 19.4. The van der Waals surface area contributed by atoms with E-state index >= 15 is 0 Å². The van der Waals surface area contributed by atoms with Crippen molar-refractivity contribution in [1.82, 2.24) is 9.88 Å². The van der Waals surface area contributed by atoms with Gasteiger partial charge in [0.05, 0.1) is 27.1 Å². The van der Waals surface area contributed by atoms with Gasteiger partial charge in [0.1, 0.15) is 5.75 Å². The maximum atomic E-state index is 13.4. The summed E-state index contributed by atoms with van der Waals surface area (Å²) in [4.78, 5) is 26.2. The Bertz CT molecular complexity index is 1140. The summed E-state index contributed by atoms with van der Waals surface area (Å²) in [6, 6.07) is 13.6. The van der Waals surface area contributed by atoms with Crippen molar-refractivity contribution >= 4 is 42.4 Å². The summed E-state index contributed by atoms with van der Waals surface area (Å²) in [6.45, 7) is 8.66. The second kappa shape index (κ2) is 9.92. The molecule has 7 heteroatoms. The molecular formula is C25H31ClN2O3Si. The van der Waals surface area contributed by atoms with Gasteiger partial charge in [-0.2, -0.15) is 0 Å². The molecule has 1 amide bonds. The number of aromatic nitrogens is 1. The molecule has 3 rings (SSSR count). The molecule has 32 heavy (non-hydrogen) atoms. The Kier molecular flexibility index (Phi) is 7.46. The van der Waals surface area contributed by atoms with E-state index < -0.39 is 8.07 Å². The molecule has 5 nitrogen and oxygen atoms in total. The average molecular weight is 471 g/mol. The first-order valence-corrected chi connectivity index (χ1v) is 14.7. The number of fused-ring (bicyclic) bond motifs is 1. The Balaban J connectivity index is 1.98. The number of hydrogen-bond donors (Lipinski definition) is 1. The second-order valence-corrected chi connectivity index (χ2v) is 14.6. The van der Waals surface area contributed by atoms with Crippen molar-refractivity contribution in [2.24, 2.45) is 0 Å². The van der Waals surface area contributed by atoms with E-state index in [1.54, 1.807) is 35.9 Å². The summed E-state index contributed by atoms with van der Waals surface area (Å²) in [5.41, 5.74) is 2.89. The van der Waals surface area contributed by atoms with Crippen LogP contribution < -0.4 is 10.1 Å². The number of ether oxygens (including phenoxy) is 1. The lowest BCUT2D eigenvalue weighted by Gasteiger charge is -2.22. The highest BCUT2D eigenvalue weighted by Crippen LogP contribution is 2.31. The van der Waals surface area contributed by atoms with Crippen molar-refractivity contribution in [3.05, 3.63) is 64.3 Å². The summed E-state index contributed by atoms with van der Waals surface area (Å²) in [5, 5.41) is 4.56. The van der Waals surface area contributed by atoms with Gasteiger partial charge in [0.25, 0.3) is 5.91 Å². The minimum atomic E-state index is -1.45. The lowest BCUT2D eigenvalue weighted by Crippen LogP contribution is -2.42. The van der Waals surface area contributed by atoms with Gasteiger partial charge in [-0.15, -0.1) is 0 Å². The predicted octanol–water partition coefficient (Wildman–Crippen LogP) is 5.62. The molecule has 0 saturated heterocycles. The molecule has 0 aliphatic heterocycles. The molecular weight excluding hydrogens is 440 g/mol. The first kappa shape index (κ1) is 24.1. The molecule has 1 N–H and O–H groups in total. The molecule has 0 radical (unpaired) electrons. The number of hydrogen-bond acceptors (Lipinski definition) is 3. The topological polar surface area (TPSA) is 60.3 Å². The zero-order valence-corrected chi connectivity index (χ0v) is 21.2. The van der Waals surface area contributed by atoms with Gasteiger partial charge in [-0.1, -0.05) is 44.1 Å². The Labute approximate surface area is 195 Å². The van der Waals surface area contributed by atoms with Crippen molar-refractivity contribution < 1.29 is 14.3 Å². The molecule has 2 aromatic carbocycles. The summed E-state index contributed by atoms with van der Waals surface area (Å²) >= 11 is 5.99. The van der Waals surface area contributed by atoms with E-state index in [4.69, 9.17) is 16.3 Å². The third-order valence-corrected chi connectivity index (χ3v) is 9.10. The second-order valence-electron chi connectivity index (χ2n) is 8.96. The van der Waals surface area contributed by atoms with Crippen molar-refractivity contribution in [3.8, 4) is 5.75 Å². The number of methoxy groups -OCH3 is 1. The van der Waals surface area contributed by atoms with Crippen molar-refractivity contribution in [2.75, 3.05) is 13.3 Å². The Morgan fingerprint density at radius 3 is 2.44 bits per heavy atom. The quantitative estimate of drug-likeness (QED) is 0.435. The van der Waals surface area contributed by atoms with E-state index in [1.807, 2.05) is 25.1 Å². The highest BCUT2D eigenvalue weighted by atomic mass is 35.5. The highest BCUT2D eigenvalue weighted by molar-refractivity contribution is 6.77. The summed E-state index contributed by atoms with van der Waals surface area (Å²) < 4.78 is 7.08. The predicted molar refractivity (Wildman–Crippen MR) is 134 cm³/mol. The number of rotatable bonds is 8. The molecule has 170 valence electrons. The number of carbonyl (C=O) groups is 2. The minimum absolute atomic E-state index is 0.0226. The normalized spacial score (nSPS) is 11.6. The number of amides is 1. The first-order valence-electron chi connectivity index (χ1n) is 10.9. The van der Waals surface area contributed by atoms with Crippen LogP contribution in [0.15, 0.2) is 42.5 Å². The number of carbonyl (C=O) groups excluding carboxylic acids is 2. The maximum absolute atomic E-state index is 13.4. The number of nitrogens with zero attached hydrogens (tertiary/aromatic N) is 1. The largest absolute Gasteiger partial charge is 0.497 e. The van der Waals surface area contributed by atoms with Crippen molar-refractivity contribution in [1.29, 1.82) is 0 Å². The Morgan fingerprint density at radius 1 is 1.12 bits per heavy atom. The van der Waals surface area contributed by atoms with E-state index in [1.165, 1.54) is 6.04 Å². The van der Waals surface area contributed by atoms with Gasteiger partial charge in [0.2, 0.25) is 5.91 Å². The molecule has 0 atom stereocenters. The SMILES string of the molecule is CCC[Si](C)(C)CNC(=O)Cc1c(C)n(C(=O)c2ccc(Cl)cc2)c2ccc(OC)cc12. The highest BCUT2D eigenvalue weighted by Gasteiger charge is 2.24. The summed E-state index contributed by atoms with van der Waals surface area (Å²) in [6.07, 6.45) is 2.10. The van der Waals surface area contributed by atoms with E-state index in [0.29, 0.717) is 16.3 Å². The molecule has 1 heterocycles. The van der Waals surface area contributed by atoms with Gasteiger partial charge < -0.3 is 10.1 Å². The molecule has 0 saturated carbocycles. The van der Waals surface area contributed by atoms with Crippen LogP contribution in [0, 0.1) is 6.92 Å². The molecule has 0 aliphatic rings. The monoisotopic (exact) mass is 470 g/mol. The fraction of sp³-hybridized carbons (Fsp3) is 0.360. The summed E-state index contributed by atoms with van der Waals surface area (Å²) in [7, 11) is 0.159. The van der Waals surface area contributed by atoms with Gasteiger partial charge in [0.15, 0.2) is 0 Å². The van der Waals surface area contributed by atoms with Crippen LogP contribution in [-0.4, -0.2) is 37.7 Å². The molecule has 0 spiro atoms. The number of nitrogens with one attached hydrogen (secondary N) is 1. The smallest absolute Gasteiger partial charge is 0.262 e. The van der Waals surface area contributed by atoms with Crippen molar-refractivity contribution in [2.45, 2.75) is 45.8 Å². The lowest BCUT2D eigenvalue weighted by molar-refractivity contribution is -0.120. The van der Waals surface area contributed by atoms with E-state index in [-0.39, 0.29) is 18.2 Å². The van der Waals surface area contributed by atoms with Gasteiger partial charge in [-0.25, -0.2) is 0 Å². The van der Waals surface area contributed by atoms with Gasteiger partial charge >= 0.3 is 0 Å². The standard InChI is InChI=1S/C25H31ClN2O3Si/c1-6-13-32(4,5)16-27-24(29)15-21-17(2)28(23-12-11-20(31-3)14-22(21)23)25(30)18-7-9-19(26)10-8-18/h7-12,14H,6,13,15-16H2,1-5H3,(H,27,29). The van der Waals surface area contributed by atoms with E-state index in [2.05, 4.69) is 25.3 Å².